The summed E-state index contributed by atoms with van der Waals surface area (Å²) >= 11 is 0. The fraction of sp³-hybridized carbons (Fsp3) is 0.208. The number of hydrogen-bond acceptors (Lipinski definition) is 4. The van der Waals surface area contributed by atoms with Crippen molar-refractivity contribution < 1.29 is 26.3 Å². The molecule has 34 heavy (non-hydrogen) atoms. The lowest BCUT2D eigenvalue weighted by Crippen LogP contribution is -2.43. The summed E-state index contributed by atoms with van der Waals surface area (Å²) in [6.07, 6.45) is -9.52. The van der Waals surface area contributed by atoms with Crippen LogP contribution in [0.15, 0.2) is 65.4 Å². The van der Waals surface area contributed by atoms with E-state index in [9.17, 15) is 42.1 Å². The number of nitrogens with one attached hydrogen (secondary N) is 1. The van der Waals surface area contributed by atoms with Gasteiger partial charge in [-0.15, -0.1) is 0 Å². The monoisotopic (exact) mass is 472 g/mol. The third-order valence-electron chi connectivity index (χ3n) is 5.43. The zero-order valence-electron chi connectivity index (χ0n) is 17.4. The number of rotatable bonds is 2. The van der Waals surface area contributed by atoms with Crippen molar-refractivity contribution in [2.45, 2.75) is 31.2 Å². The lowest BCUT2D eigenvalue weighted by Gasteiger charge is -2.39. The van der Waals surface area contributed by atoms with Gasteiger partial charge in [0.2, 0.25) is 0 Å². The largest absolute Gasteiger partial charge is 0.416 e. The van der Waals surface area contributed by atoms with Gasteiger partial charge in [-0.1, -0.05) is 24.3 Å². The molecule has 0 amide bonds. The average molecular weight is 472 g/mol. The van der Waals surface area contributed by atoms with Gasteiger partial charge in [-0.2, -0.15) is 42.1 Å². The summed E-state index contributed by atoms with van der Waals surface area (Å²) in [5.74, 6) is 0. The van der Waals surface area contributed by atoms with Gasteiger partial charge in [0.05, 0.1) is 27.9 Å². The van der Waals surface area contributed by atoms with E-state index in [1.807, 2.05) is 6.07 Å². The van der Waals surface area contributed by atoms with E-state index in [2.05, 4.69) is 5.32 Å². The molecule has 172 valence electrons. The van der Waals surface area contributed by atoms with E-state index in [-0.39, 0.29) is 34.4 Å². The molecule has 0 spiro atoms. The van der Waals surface area contributed by atoms with E-state index >= 15 is 0 Å². The number of nitriles is 3. The molecule has 0 bridgehead atoms. The number of alkyl halides is 6. The normalized spacial score (nSPS) is 18.4. The highest BCUT2D eigenvalue weighted by Gasteiger charge is 2.40. The summed E-state index contributed by atoms with van der Waals surface area (Å²) < 4.78 is 79.9. The fourth-order valence-corrected chi connectivity index (χ4v) is 3.77. The average Bonchev–Trinajstić information content (AvgIpc) is 2.79. The van der Waals surface area contributed by atoms with Crippen molar-refractivity contribution in [3.63, 3.8) is 0 Å². The first kappa shape index (κ1) is 24.4. The Hall–Kier alpha value is -4.23. The molecule has 2 aromatic carbocycles. The second kappa shape index (κ2) is 8.61. The summed E-state index contributed by atoms with van der Waals surface area (Å²) in [6.45, 7) is 1.48. The smallest absolute Gasteiger partial charge is 0.373 e. The first-order chi connectivity index (χ1) is 15.8. The van der Waals surface area contributed by atoms with Crippen LogP contribution in [-0.2, 0) is 17.9 Å². The highest BCUT2D eigenvalue weighted by molar-refractivity contribution is 5.80. The van der Waals surface area contributed by atoms with Crippen LogP contribution in [0.4, 0.5) is 26.3 Å². The van der Waals surface area contributed by atoms with Crippen molar-refractivity contribution in [3.8, 4) is 18.2 Å². The van der Waals surface area contributed by atoms with Crippen molar-refractivity contribution in [1.82, 2.24) is 5.32 Å². The maximum absolute atomic E-state index is 13.3. The molecule has 0 fully saturated rings. The molecule has 0 aromatic heterocycles. The molecule has 0 aliphatic carbocycles. The molecule has 0 saturated heterocycles. The summed E-state index contributed by atoms with van der Waals surface area (Å²) in [5, 5.41) is 31.4. The van der Waals surface area contributed by atoms with E-state index in [1.54, 1.807) is 12.1 Å². The Labute approximate surface area is 190 Å². The molecule has 10 heteroatoms. The Morgan fingerprint density at radius 2 is 1.44 bits per heavy atom. The molecule has 1 heterocycles. The number of hydrogen-bond donors (Lipinski definition) is 1. The summed E-state index contributed by atoms with van der Waals surface area (Å²) in [6, 6.07) is 13.5. The minimum absolute atomic E-state index is 0.00111. The number of nitrogens with zero attached hydrogens (tertiary/aromatic N) is 3. The van der Waals surface area contributed by atoms with Crippen LogP contribution in [0.1, 0.15) is 35.6 Å². The third kappa shape index (κ3) is 4.60. The number of halogens is 6. The topological polar surface area (TPSA) is 83.4 Å². The van der Waals surface area contributed by atoms with E-state index < -0.39 is 34.6 Å². The first-order valence-corrected chi connectivity index (χ1v) is 9.65. The third-order valence-corrected chi connectivity index (χ3v) is 5.43. The standard InChI is InChI=1S/C24H14F6N4/c1-22(16-5-3-7-18(9-16)24(28,29)30)10-19(14-4-2-6-17(8-14)23(25,26)27)20(13-33)21(34-22)15(11-31)12-32/h2-9,34H,10H2,1H3. The van der Waals surface area contributed by atoms with E-state index in [4.69, 9.17) is 0 Å². The molecular formula is C24H14F6N4. The molecule has 1 aliphatic rings. The van der Waals surface area contributed by atoms with Crippen LogP contribution in [0.3, 0.4) is 0 Å². The summed E-state index contributed by atoms with van der Waals surface area (Å²) in [5.41, 5.74) is -4.18. The molecule has 1 N–H and O–H groups in total. The fourth-order valence-electron chi connectivity index (χ4n) is 3.77. The number of benzene rings is 2. The zero-order chi connectivity index (χ0) is 25.3. The minimum Gasteiger partial charge on any atom is -0.373 e. The predicted molar refractivity (Wildman–Crippen MR) is 109 cm³/mol. The molecule has 1 aliphatic heterocycles. The Morgan fingerprint density at radius 3 is 1.97 bits per heavy atom. The molecule has 1 atom stereocenters. The van der Waals surface area contributed by atoms with Crippen LogP contribution in [0.2, 0.25) is 0 Å². The SMILES string of the molecule is CC1(c2cccc(C(F)(F)F)c2)CC(c2cccc(C(F)(F)F)c2)=C(C#N)C(=C(C#N)C#N)N1. The maximum atomic E-state index is 13.3. The molecule has 1 unspecified atom stereocenters. The van der Waals surface area contributed by atoms with Gasteiger partial charge in [0.15, 0.2) is 5.57 Å². The van der Waals surface area contributed by atoms with Gasteiger partial charge in [0.25, 0.3) is 0 Å². The molecule has 2 aromatic rings. The second-order valence-corrected chi connectivity index (χ2v) is 7.73. The summed E-state index contributed by atoms with van der Waals surface area (Å²) in [4.78, 5) is 0. The van der Waals surface area contributed by atoms with Crippen LogP contribution in [0, 0.1) is 34.0 Å². The van der Waals surface area contributed by atoms with Crippen molar-refractivity contribution in [2.75, 3.05) is 0 Å². The number of allylic oxidation sites excluding steroid dienone is 2. The Kier molecular flexibility index (Phi) is 6.18. The minimum atomic E-state index is -4.68. The van der Waals surface area contributed by atoms with Gasteiger partial charge < -0.3 is 5.32 Å². The van der Waals surface area contributed by atoms with E-state index in [0.717, 1.165) is 30.3 Å². The van der Waals surface area contributed by atoms with Gasteiger partial charge in [-0.25, -0.2) is 0 Å². The zero-order valence-corrected chi connectivity index (χ0v) is 17.4. The van der Waals surface area contributed by atoms with Gasteiger partial charge >= 0.3 is 12.4 Å². The van der Waals surface area contributed by atoms with Crippen molar-refractivity contribution in [3.05, 3.63) is 87.6 Å². The molecule has 0 saturated carbocycles. The van der Waals surface area contributed by atoms with Crippen LogP contribution in [0.25, 0.3) is 5.57 Å². The van der Waals surface area contributed by atoms with Gasteiger partial charge in [0, 0.05) is 6.42 Å². The lowest BCUT2D eigenvalue weighted by atomic mass is 9.76. The van der Waals surface area contributed by atoms with Crippen LogP contribution in [0.5, 0.6) is 0 Å². The summed E-state index contributed by atoms with van der Waals surface area (Å²) in [7, 11) is 0. The van der Waals surface area contributed by atoms with Crippen molar-refractivity contribution in [2.24, 2.45) is 0 Å². The quantitative estimate of drug-likeness (QED) is 0.416. The van der Waals surface area contributed by atoms with Crippen molar-refractivity contribution in [1.29, 1.82) is 15.8 Å². The van der Waals surface area contributed by atoms with Crippen LogP contribution < -0.4 is 5.32 Å². The predicted octanol–water partition coefficient (Wildman–Crippen LogP) is 6.21. The molecular weight excluding hydrogens is 458 g/mol. The molecule has 3 rings (SSSR count). The van der Waals surface area contributed by atoms with Gasteiger partial charge in [-0.3, -0.25) is 0 Å². The van der Waals surface area contributed by atoms with E-state index in [1.165, 1.54) is 25.1 Å². The van der Waals surface area contributed by atoms with Gasteiger partial charge in [0.1, 0.15) is 18.2 Å². The van der Waals surface area contributed by atoms with Crippen LogP contribution >= 0.6 is 0 Å². The van der Waals surface area contributed by atoms with Gasteiger partial charge in [-0.05, 0) is 47.9 Å². The molecule has 4 nitrogen and oxygen atoms in total. The lowest BCUT2D eigenvalue weighted by molar-refractivity contribution is -0.138. The second-order valence-electron chi connectivity index (χ2n) is 7.73. The first-order valence-electron chi connectivity index (χ1n) is 9.65. The maximum Gasteiger partial charge on any atom is 0.416 e. The highest BCUT2D eigenvalue weighted by Crippen LogP contribution is 2.44. The molecule has 0 radical (unpaired) electrons. The Balaban J connectivity index is 2.31. The Bertz CT molecular complexity index is 1310. The van der Waals surface area contributed by atoms with Crippen molar-refractivity contribution >= 4 is 5.57 Å². The van der Waals surface area contributed by atoms with Crippen LogP contribution in [-0.4, -0.2) is 0 Å². The Morgan fingerprint density at radius 1 is 0.882 bits per heavy atom. The van der Waals surface area contributed by atoms with E-state index in [0.29, 0.717) is 0 Å². The highest BCUT2D eigenvalue weighted by atomic mass is 19.4.